The molecule has 0 saturated heterocycles. The molecule has 0 fully saturated rings. The van der Waals surface area contributed by atoms with Crippen molar-refractivity contribution in [1.29, 1.82) is 0 Å². The van der Waals surface area contributed by atoms with E-state index in [1.165, 1.54) is 16.9 Å². The van der Waals surface area contributed by atoms with Crippen LogP contribution in [-0.4, -0.2) is 47.2 Å². The average molecular weight is 436 g/mol. The summed E-state index contributed by atoms with van der Waals surface area (Å²) < 4.78 is 0. The Morgan fingerprint density at radius 2 is 1.61 bits per heavy atom. The Labute approximate surface area is 188 Å². The quantitative estimate of drug-likeness (QED) is 0.506. The molecule has 1 heterocycles. The zero-order valence-corrected chi connectivity index (χ0v) is 19.6. The normalized spacial score (nSPS) is 10.9. The summed E-state index contributed by atoms with van der Waals surface area (Å²) >= 11 is 1.49. The molecule has 0 aliphatic carbocycles. The van der Waals surface area contributed by atoms with Crippen molar-refractivity contribution in [3.8, 4) is 10.6 Å². The van der Waals surface area contributed by atoms with Crippen LogP contribution in [0.1, 0.15) is 58.7 Å². The maximum Gasteiger partial charge on any atom is 0.273 e. The molecular weight excluding hydrogens is 406 g/mol. The van der Waals surface area contributed by atoms with E-state index in [1.54, 1.807) is 36.0 Å². The van der Waals surface area contributed by atoms with Crippen LogP contribution in [0.5, 0.6) is 0 Å². The van der Waals surface area contributed by atoms with Crippen molar-refractivity contribution < 1.29 is 9.59 Å². The molecule has 5 nitrogen and oxygen atoms in total. The number of thiazole rings is 1. The van der Waals surface area contributed by atoms with E-state index in [4.69, 9.17) is 0 Å². The first-order valence-corrected chi connectivity index (χ1v) is 11.3. The van der Waals surface area contributed by atoms with Gasteiger partial charge in [-0.05, 0) is 36.1 Å². The first-order chi connectivity index (χ1) is 14.8. The molecule has 0 aliphatic rings. The molecule has 2 aromatic carbocycles. The van der Waals surface area contributed by atoms with Gasteiger partial charge in [0.2, 0.25) is 0 Å². The lowest BCUT2D eigenvalue weighted by molar-refractivity contribution is 0.0746. The molecule has 0 N–H and O–H groups in total. The Kier molecular flexibility index (Phi) is 7.23. The summed E-state index contributed by atoms with van der Waals surface area (Å²) in [7, 11) is 3.46. The molecule has 0 saturated carbocycles. The van der Waals surface area contributed by atoms with Gasteiger partial charge in [-0.1, -0.05) is 50.2 Å². The minimum atomic E-state index is -0.0859. The van der Waals surface area contributed by atoms with Crippen LogP contribution >= 0.6 is 11.3 Å². The van der Waals surface area contributed by atoms with Gasteiger partial charge in [-0.3, -0.25) is 9.59 Å². The van der Waals surface area contributed by atoms with E-state index >= 15 is 0 Å². The number of nitrogens with zero attached hydrogens (tertiary/aromatic N) is 3. The monoisotopic (exact) mass is 435 g/mol. The highest BCUT2D eigenvalue weighted by Crippen LogP contribution is 2.26. The number of carbonyl (C=O) groups is 2. The van der Waals surface area contributed by atoms with Crippen LogP contribution in [0.15, 0.2) is 53.9 Å². The molecule has 0 radical (unpaired) electrons. The first kappa shape index (κ1) is 22.7. The summed E-state index contributed by atoms with van der Waals surface area (Å²) in [6.07, 6.45) is 0. The fourth-order valence-electron chi connectivity index (χ4n) is 3.24. The van der Waals surface area contributed by atoms with Gasteiger partial charge < -0.3 is 9.80 Å². The van der Waals surface area contributed by atoms with E-state index in [1.807, 2.05) is 24.4 Å². The minimum absolute atomic E-state index is 0.0357. The highest BCUT2D eigenvalue weighted by molar-refractivity contribution is 7.13. The van der Waals surface area contributed by atoms with Gasteiger partial charge in [0.15, 0.2) is 0 Å². The standard InChI is InChI=1S/C25H29N3O2S/c1-6-28(15-18-7-9-21(10-8-18)24(29)27(4)5)25(30)22-16-31-23(26-22)20-13-11-19(12-14-20)17(2)3/h7-14,16-17H,6,15H2,1-5H3. The second kappa shape index (κ2) is 9.88. The van der Waals surface area contributed by atoms with Crippen molar-refractivity contribution in [2.75, 3.05) is 20.6 Å². The lowest BCUT2D eigenvalue weighted by Gasteiger charge is -2.20. The van der Waals surface area contributed by atoms with Gasteiger partial charge >= 0.3 is 0 Å². The molecule has 162 valence electrons. The van der Waals surface area contributed by atoms with Crippen LogP contribution in [0.4, 0.5) is 0 Å². The molecular formula is C25H29N3O2S. The van der Waals surface area contributed by atoms with Gasteiger partial charge in [-0.2, -0.15) is 0 Å². The molecule has 0 aliphatic heterocycles. The second-order valence-corrected chi connectivity index (χ2v) is 8.89. The van der Waals surface area contributed by atoms with Gasteiger partial charge in [0.25, 0.3) is 11.8 Å². The fraction of sp³-hybridized carbons (Fsp3) is 0.320. The van der Waals surface area contributed by atoms with Crippen LogP contribution in [-0.2, 0) is 6.54 Å². The van der Waals surface area contributed by atoms with Crippen molar-refractivity contribution in [3.05, 3.63) is 76.3 Å². The summed E-state index contributed by atoms with van der Waals surface area (Å²) in [4.78, 5) is 33.0. The molecule has 0 atom stereocenters. The third kappa shape index (κ3) is 5.39. The van der Waals surface area contributed by atoms with Gasteiger partial charge in [-0.15, -0.1) is 11.3 Å². The SMILES string of the molecule is CCN(Cc1ccc(C(=O)N(C)C)cc1)C(=O)c1csc(-c2ccc(C(C)C)cc2)n1. The van der Waals surface area contributed by atoms with Crippen LogP contribution in [0, 0.1) is 0 Å². The number of benzene rings is 2. The van der Waals surface area contributed by atoms with E-state index in [0.717, 1.165) is 16.1 Å². The zero-order valence-electron chi connectivity index (χ0n) is 18.8. The van der Waals surface area contributed by atoms with Gasteiger partial charge in [0, 0.05) is 43.7 Å². The van der Waals surface area contributed by atoms with Crippen LogP contribution in [0.3, 0.4) is 0 Å². The van der Waals surface area contributed by atoms with E-state index in [9.17, 15) is 9.59 Å². The maximum atomic E-state index is 13.0. The number of hydrogen-bond donors (Lipinski definition) is 0. The van der Waals surface area contributed by atoms with E-state index in [2.05, 4.69) is 43.1 Å². The summed E-state index contributed by atoms with van der Waals surface area (Å²) in [6, 6.07) is 15.8. The Balaban J connectivity index is 1.71. The van der Waals surface area contributed by atoms with Crippen molar-refractivity contribution >= 4 is 23.2 Å². The van der Waals surface area contributed by atoms with Crippen molar-refractivity contribution in [2.45, 2.75) is 33.2 Å². The minimum Gasteiger partial charge on any atom is -0.345 e. The molecule has 0 unspecified atom stereocenters. The largest absolute Gasteiger partial charge is 0.345 e. The van der Waals surface area contributed by atoms with E-state index in [0.29, 0.717) is 30.3 Å². The number of carbonyl (C=O) groups excluding carboxylic acids is 2. The predicted octanol–water partition coefficient (Wildman–Crippen LogP) is 5.30. The Hall–Kier alpha value is -2.99. The highest BCUT2D eigenvalue weighted by atomic mass is 32.1. The Morgan fingerprint density at radius 1 is 0.968 bits per heavy atom. The summed E-state index contributed by atoms with van der Waals surface area (Å²) in [6.45, 7) is 7.35. The predicted molar refractivity (Wildman–Crippen MR) is 127 cm³/mol. The highest BCUT2D eigenvalue weighted by Gasteiger charge is 2.19. The number of rotatable bonds is 7. The lowest BCUT2D eigenvalue weighted by atomic mass is 10.0. The first-order valence-electron chi connectivity index (χ1n) is 10.5. The summed E-state index contributed by atoms with van der Waals surface area (Å²) in [5.74, 6) is 0.360. The molecule has 31 heavy (non-hydrogen) atoms. The average Bonchev–Trinajstić information content (AvgIpc) is 3.27. The zero-order chi connectivity index (χ0) is 22.5. The third-order valence-electron chi connectivity index (χ3n) is 5.20. The van der Waals surface area contributed by atoms with Gasteiger partial charge in [0.1, 0.15) is 10.7 Å². The second-order valence-electron chi connectivity index (χ2n) is 8.03. The number of hydrogen-bond acceptors (Lipinski definition) is 4. The van der Waals surface area contributed by atoms with Crippen molar-refractivity contribution in [2.24, 2.45) is 0 Å². The summed E-state index contributed by atoms with van der Waals surface area (Å²) in [5, 5.41) is 2.68. The van der Waals surface area contributed by atoms with Gasteiger partial charge in [-0.25, -0.2) is 4.98 Å². The maximum absolute atomic E-state index is 13.0. The Morgan fingerprint density at radius 3 is 2.16 bits per heavy atom. The molecule has 0 spiro atoms. The molecule has 3 aromatic rings. The van der Waals surface area contributed by atoms with Gasteiger partial charge in [0.05, 0.1) is 0 Å². The van der Waals surface area contributed by atoms with Crippen LogP contribution < -0.4 is 0 Å². The molecule has 1 aromatic heterocycles. The third-order valence-corrected chi connectivity index (χ3v) is 6.09. The Bertz CT molecular complexity index is 1040. The molecule has 0 bridgehead atoms. The van der Waals surface area contributed by atoms with Crippen molar-refractivity contribution in [1.82, 2.24) is 14.8 Å². The van der Waals surface area contributed by atoms with Crippen molar-refractivity contribution in [3.63, 3.8) is 0 Å². The molecule has 2 amide bonds. The van der Waals surface area contributed by atoms with E-state index < -0.39 is 0 Å². The number of aromatic nitrogens is 1. The summed E-state index contributed by atoms with van der Waals surface area (Å²) in [5.41, 5.74) is 4.39. The topological polar surface area (TPSA) is 53.5 Å². The fourth-order valence-corrected chi connectivity index (χ4v) is 4.04. The lowest BCUT2D eigenvalue weighted by Crippen LogP contribution is -2.30. The van der Waals surface area contributed by atoms with E-state index in [-0.39, 0.29) is 11.8 Å². The molecule has 3 rings (SSSR count). The molecule has 6 heteroatoms. The van der Waals surface area contributed by atoms with Crippen LogP contribution in [0.2, 0.25) is 0 Å². The number of amides is 2. The smallest absolute Gasteiger partial charge is 0.273 e. The van der Waals surface area contributed by atoms with Crippen LogP contribution in [0.25, 0.3) is 10.6 Å².